The number of thioether (sulfide) groups is 1. The maximum atomic E-state index is 12.1. The summed E-state index contributed by atoms with van der Waals surface area (Å²) in [5, 5.41) is 11.2. The number of hydrogen-bond acceptors (Lipinski definition) is 6. The number of carbonyl (C=O) groups is 1. The molecule has 0 aliphatic carbocycles. The van der Waals surface area contributed by atoms with Gasteiger partial charge in [0, 0.05) is 42.6 Å². The van der Waals surface area contributed by atoms with Crippen molar-refractivity contribution < 1.29 is 14.6 Å². The molecule has 1 saturated heterocycles. The SMILES string of the molecule is CCCCSc1ccccc1OCC(O)CN1CCN(C(C(N)=O)c2ccc(Cl)cc2)CC1. The number of amides is 1. The quantitative estimate of drug-likeness (QED) is 0.347. The van der Waals surface area contributed by atoms with Crippen LogP contribution in [-0.4, -0.2) is 72.0 Å². The molecule has 6 nitrogen and oxygen atoms in total. The van der Waals surface area contributed by atoms with Crippen LogP contribution in [0.5, 0.6) is 5.75 Å². The molecule has 8 heteroatoms. The van der Waals surface area contributed by atoms with Crippen LogP contribution in [0.4, 0.5) is 0 Å². The van der Waals surface area contributed by atoms with Gasteiger partial charge >= 0.3 is 0 Å². The van der Waals surface area contributed by atoms with Crippen LogP contribution in [0.2, 0.25) is 5.02 Å². The van der Waals surface area contributed by atoms with Gasteiger partial charge in [0.1, 0.15) is 24.5 Å². The highest BCUT2D eigenvalue weighted by molar-refractivity contribution is 7.99. The molecule has 0 spiro atoms. The Morgan fingerprint density at radius 1 is 1.15 bits per heavy atom. The molecule has 2 atom stereocenters. The highest BCUT2D eigenvalue weighted by atomic mass is 35.5. The summed E-state index contributed by atoms with van der Waals surface area (Å²) in [5.74, 6) is 1.52. The zero-order valence-corrected chi connectivity index (χ0v) is 20.7. The molecule has 33 heavy (non-hydrogen) atoms. The molecule has 1 heterocycles. The number of unbranched alkanes of at least 4 members (excludes halogenated alkanes) is 1. The van der Waals surface area contributed by atoms with Crippen LogP contribution in [0.3, 0.4) is 0 Å². The Kier molecular flexibility index (Phi) is 10.3. The second-order valence-corrected chi connectivity index (χ2v) is 9.88. The van der Waals surface area contributed by atoms with Gasteiger partial charge in [0.05, 0.1) is 0 Å². The molecule has 3 N–H and O–H groups in total. The number of piperazine rings is 1. The van der Waals surface area contributed by atoms with Crippen molar-refractivity contribution in [3.8, 4) is 5.75 Å². The highest BCUT2D eigenvalue weighted by Gasteiger charge is 2.29. The summed E-state index contributed by atoms with van der Waals surface area (Å²) in [5.41, 5.74) is 6.56. The fourth-order valence-electron chi connectivity index (χ4n) is 3.96. The van der Waals surface area contributed by atoms with Crippen molar-refractivity contribution in [3.63, 3.8) is 0 Å². The average molecular weight is 492 g/mol. The van der Waals surface area contributed by atoms with E-state index in [0.29, 0.717) is 24.7 Å². The van der Waals surface area contributed by atoms with Crippen molar-refractivity contribution in [2.24, 2.45) is 5.73 Å². The lowest BCUT2D eigenvalue weighted by atomic mass is 10.0. The maximum Gasteiger partial charge on any atom is 0.239 e. The Hall–Kier alpha value is -1.77. The molecule has 2 unspecified atom stereocenters. The summed E-state index contributed by atoms with van der Waals surface area (Å²) in [6.07, 6.45) is 1.75. The Morgan fingerprint density at radius 3 is 2.52 bits per heavy atom. The van der Waals surface area contributed by atoms with E-state index < -0.39 is 12.1 Å². The van der Waals surface area contributed by atoms with Crippen molar-refractivity contribution in [1.82, 2.24) is 9.80 Å². The largest absolute Gasteiger partial charge is 0.490 e. The van der Waals surface area contributed by atoms with E-state index in [0.717, 1.165) is 35.1 Å². The van der Waals surface area contributed by atoms with Crippen molar-refractivity contribution in [1.29, 1.82) is 0 Å². The topological polar surface area (TPSA) is 79.0 Å². The van der Waals surface area contributed by atoms with Gasteiger partial charge < -0.3 is 15.6 Å². The number of aliphatic hydroxyl groups is 1. The van der Waals surface area contributed by atoms with E-state index in [1.807, 2.05) is 30.3 Å². The number of aliphatic hydroxyl groups excluding tert-OH is 1. The minimum absolute atomic E-state index is 0.250. The second-order valence-electron chi connectivity index (χ2n) is 8.31. The number of halogens is 1. The molecule has 180 valence electrons. The van der Waals surface area contributed by atoms with Crippen LogP contribution >= 0.6 is 23.4 Å². The molecule has 0 bridgehead atoms. The number of carbonyl (C=O) groups excluding carboxylic acids is 1. The third-order valence-corrected chi connectivity index (χ3v) is 7.13. The third kappa shape index (κ3) is 7.90. The van der Waals surface area contributed by atoms with Crippen molar-refractivity contribution in [2.75, 3.05) is 45.1 Å². The van der Waals surface area contributed by atoms with Crippen molar-refractivity contribution >= 4 is 29.3 Å². The zero-order valence-electron chi connectivity index (χ0n) is 19.2. The fourth-order valence-corrected chi connectivity index (χ4v) is 5.18. The number of nitrogens with two attached hydrogens (primary N) is 1. The lowest BCUT2D eigenvalue weighted by Gasteiger charge is -2.38. The molecular formula is C25H34ClN3O3S. The summed E-state index contributed by atoms with van der Waals surface area (Å²) in [6.45, 7) is 5.85. The van der Waals surface area contributed by atoms with Gasteiger partial charge in [-0.25, -0.2) is 0 Å². The number of para-hydroxylation sites is 1. The third-order valence-electron chi connectivity index (χ3n) is 5.73. The number of β-amino-alcohol motifs (C(OH)–C–C–N with tert-alkyl or cyclic N) is 1. The van der Waals surface area contributed by atoms with E-state index in [1.54, 1.807) is 23.9 Å². The molecule has 1 aliphatic rings. The first-order chi connectivity index (χ1) is 16.0. The molecule has 1 aliphatic heterocycles. The number of rotatable bonds is 12. The molecule has 3 rings (SSSR count). The minimum atomic E-state index is -0.589. The molecule has 0 saturated carbocycles. The van der Waals surface area contributed by atoms with Crippen LogP contribution in [0.1, 0.15) is 31.4 Å². The standard InChI is InChI=1S/C25H34ClN3O3S/c1-2-3-16-33-23-7-5-4-6-22(23)32-18-21(30)17-28-12-14-29(15-13-28)24(25(27)31)19-8-10-20(26)11-9-19/h4-11,21,24,30H,2-3,12-18H2,1H3,(H2,27,31). The second kappa shape index (κ2) is 13.2. The average Bonchev–Trinajstić information content (AvgIpc) is 2.81. The maximum absolute atomic E-state index is 12.1. The summed E-state index contributed by atoms with van der Waals surface area (Å²) in [4.78, 5) is 17.6. The number of ether oxygens (including phenoxy) is 1. The molecule has 1 fully saturated rings. The first kappa shape index (κ1) is 25.8. The van der Waals surface area contributed by atoms with E-state index in [-0.39, 0.29) is 12.5 Å². The van der Waals surface area contributed by atoms with Gasteiger partial charge in [-0.3, -0.25) is 14.6 Å². The van der Waals surface area contributed by atoms with Gasteiger partial charge in [-0.05, 0) is 42.0 Å². The summed E-state index contributed by atoms with van der Waals surface area (Å²) < 4.78 is 5.95. The van der Waals surface area contributed by atoms with Gasteiger partial charge in [-0.1, -0.05) is 49.2 Å². The highest BCUT2D eigenvalue weighted by Crippen LogP contribution is 2.30. The van der Waals surface area contributed by atoms with Crippen LogP contribution < -0.4 is 10.5 Å². The molecule has 0 radical (unpaired) electrons. The van der Waals surface area contributed by atoms with Crippen LogP contribution in [-0.2, 0) is 4.79 Å². The Morgan fingerprint density at radius 2 is 1.85 bits per heavy atom. The lowest BCUT2D eigenvalue weighted by Crippen LogP contribution is -2.52. The molecule has 1 amide bonds. The molecule has 2 aromatic rings. The van der Waals surface area contributed by atoms with E-state index in [9.17, 15) is 9.90 Å². The Balaban J connectivity index is 1.47. The predicted octanol–water partition coefficient (Wildman–Crippen LogP) is 3.82. The minimum Gasteiger partial charge on any atom is -0.490 e. The van der Waals surface area contributed by atoms with Gasteiger partial charge in [-0.15, -0.1) is 11.8 Å². The summed E-state index contributed by atoms with van der Waals surface area (Å²) in [6, 6.07) is 14.8. The lowest BCUT2D eigenvalue weighted by molar-refractivity contribution is -0.124. The Labute approximate surface area is 206 Å². The van der Waals surface area contributed by atoms with Crippen LogP contribution in [0, 0.1) is 0 Å². The normalized spacial score (nSPS) is 16.9. The summed E-state index contributed by atoms with van der Waals surface area (Å²) >= 11 is 7.77. The number of primary amides is 1. The van der Waals surface area contributed by atoms with E-state index >= 15 is 0 Å². The number of hydrogen-bond donors (Lipinski definition) is 2. The van der Waals surface area contributed by atoms with Crippen LogP contribution in [0.25, 0.3) is 0 Å². The predicted molar refractivity (Wildman–Crippen MR) is 135 cm³/mol. The number of benzene rings is 2. The molecular weight excluding hydrogens is 458 g/mol. The van der Waals surface area contributed by atoms with Gasteiger partial charge in [0.15, 0.2) is 0 Å². The molecule has 0 aromatic heterocycles. The molecule has 2 aromatic carbocycles. The smallest absolute Gasteiger partial charge is 0.239 e. The summed E-state index contributed by atoms with van der Waals surface area (Å²) in [7, 11) is 0. The van der Waals surface area contributed by atoms with Crippen molar-refractivity contribution in [2.45, 2.75) is 36.8 Å². The van der Waals surface area contributed by atoms with Crippen LogP contribution in [0.15, 0.2) is 53.4 Å². The first-order valence-electron chi connectivity index (χ1n) is 11.5. The fraction of sp³-hybridized carbons (Fsp3) is 0.480. The van der Waals surface area contributed by atoms with Gasteiger partial charge in [0.25, 0.3) is 0 Å². The van der Waals surface area contributed by atoms with E-state index in [1.165, 1.54) is 12.8 Å². The monoisotopic (exact) mass is 491 g/mol. The Bertz CT molecular complexity index is 875. The van der Waals surface area contributed by atoms with E-state index in [2.05, 4.69) is 22.8 Å². The zero-order chi connectivity index (χ0) is 23.6. The van der Waals surface area contributed by atoms with Gasteiger partial charge in [-0.2, -0.15) is 0 Å². The first-order valence-corrected chi connectivity index (χ1v) is 12.9. The van der Waals surface area contributed by atoms with Gasteiger partial charge in [0.2, 0.25) is 5.91 Å². The number of nitrogens with zero attached hydrogens (tertiary/aromatic N) is 2. The van der Waals surface area contributed by atoms with E-state index in [4.69, 9.17) is 22.1 Å². The van der Waals surface area contributed by atoms with Crippen molar-refractivity contribution in [3.05, 3.63) is 59.1 Å².